The fourth-order valence-corrected chi connectivity index (χ4v) is 0.490. The van der Waals surface area contributed by atoms with E-state index in [1.165, 1.54) is 7.05 Å². The number of hydrogen-bond donors (Lipinski definition) is 3. The average Bonchev–Trinajstić information content (AvgIpc) is 2.03. The summed E-state index contributed by atoms with van der Waals surface area (Å²) in [6.07, 6.45) is 0.0789. The molecule has 0 heterocycles. The van der Waals surface area contributed by atoms with Crippen molar-refractivity contribution in [2.24, 2.45) is 0 Å². The number of carboxylic acid groups (broad SMARTS) is 1. The highest BCUT2D eigenvalue weighted by Crippen LogP contribution is 1.75. The van der Waals surface area contributed by atoms with Crippen LogP contribution in [0.25, 0.3) is 0 Å². The Labute approximate surface area is 68.9 Å². The Hall–Kier alpha value is -1.59. The SMILES string of the molecule is CNC(=O)CCNC(=O)C(=O)O. The van der Waals surface area contributed by atoms with Crippen LogP contribution in [-0.2, 0) is 14.4 Å². The van der Waals surface area contributed by atoms with E-state index in [9.17, 15) is 14.4 Å². The number of carboxylic acids is 1. The van der Waals surface area contributed by atoms with Crippen molar-refractivity contribution in [1.29, 1.82) is 0 Å². The maximum Gasteiger partial charge on any atom is 0.394 e. The number of aliphatic carboxylic acids is 1. The van der Waals surface area contributed by atoms with Crippen molar-refractivity contribution in [2.75, 3.05) is 13.6 Å². The Morgan fingerprint density at radius 1 is 1.33 bits per heavy atom. The molecule has 0 radical (unpaired) electrons. The fraction of sp³-hybridized carbons (Fsp3) is 0.500. The number of carbonyl (C=O) groups is 3. The fourth-order valence-electron chi connectivity index (χ4n) is 0.490. The van der Waals surface area contributed by atoms with Crippen LogP contribution >= 0.6 is 0 Å². The van der Waals surface area contributed by atoms with E-state index in [1.54, 1.807) is 0 Å². The Bertz CT molecular complexity index is 202. The van der Waals surface area contributed by atoms with Gasteiger partial charge in [0, 0.05) is 20.0 Å². The Morgan fingerprint density at radius 3 is 2.33 bits per heavy atom. The number of amides is 2. The molecule has 0 fully saturated rings. The summed E-state index contributed by atoms with van der Waals surface area (Å²) in [6, 6.07) is 0. The van der Waals surface area contributed by atoms with E-state index in [-0.39, 0.29) is 18.9 Å². The van der Waals surface area contributed by atoms with E-state index >= 15 is 0 Å². The predicted molar refractivity (Wildman–Crippen MR) is 39.3 cm³/mol. The second-order valence-electron chi connectivity index (χ2n) is 1.98. The van der Waals surface area contributed by atoms with Crippen LogP contribution in [0.1, 0.15) is 6.42 Å². The molecule has 0 atom stereocenters. The van der Waals surface area contributed by atoms with Gasteiger partial charge in [0.2, 0.25) is 5.91 Å². The third kappa shape index (κ3) is 4.26. The van der Waals surface area contributed by atoms with Crippen molar-refractivity contribution >= 4 is 17.8 Å². The smallest absolute Gasteiger partial charge is 0.394 e. The molecular formula is C6H10N2O4. The molecule has 0 aliphatic rings. The first kappa shape index (κ1) is 10.4. The highest BCUT2D eigenvalue weighted by atomic mass is 16.4. The van der Waals surface area contributed by atoms with Crippen molar-refractivity contribution < 1.29 is 19.5 Å². The summed E-state index contributed by atoms with van der Waals surface area (Å²) in [5.41, 5.74) is 0. The lowest BCUT2D eigenvalue weighted by Gasteiger charge is -2.00. The molecule has 0 aliphatic heterocycles. The molecule has 68 valence electrons. The minimum Gasteiger partial charge on any atom is -0.474 e. The number of rotatable bonds is 3. The molecule has 3 N–H and O–H groups in total. The third-order valence-corrected chi connectivity index (χ3v) is 1.11. The van der Waals surface area contributed by atoms with Gasteiger partial charge in [-0.25, -0.2) is 4.79 Å². The molecular weight excluding hydrogens is 164 g/mol. The quantitative estimate of drug-likeness (QED) is 0.445. The molecule has 0 spiro atoms. The van der Waals surface area contributed by atoms with Crippen LogP contribution in [0.15, 0.2) is 0 Å². The van der Waals surface area contributed by atoms with Crippen LogP contribution in [-0.4, -0.2) is 36.5 Å². The zero-order chi connectivity index (χ0) is 9.56. The van der Waals surface area contributed by atoms with Crippen LogP contribution < -0.4 is 10.6 Å². The summed E-state index contributed by atoms with van der Waals surface area (Å²) in [5, 5.41) is 12.5. The summed E-state index contributed by atoms with van der Waals surface area (Å²) in [6.45, 7) is 0.0325. The first-order valence-corrected chi connectivity index (χ1v) is 3.29. The molecule has 0 saturated heterocycles. The molecule has 6 heteroatoms. The monoisotopic (exact) mass is 174 g/mol. The van der Waals surface area contributed by atoms with E-state index in [0.29, 0.717) is 0 Å². The zero-order valence-electron chi connectivity index (χ0n) is 6.59. The summed E-state index contributed by atoms with van der Waals surface area (Å²) in [7, 11) is 1.46. The molecule has 0 aromatic carbocycles. The van der Waals surface area contributed by atoms with Gasteiger partial charge in [-0.3, -0.25) is 9.59 Å². The number of nitrogens with one attached hydrogen (secondary N) is 2. The van der Waals surface area contributed by atoms with E-state index in [0.717, 1.165) is 0 Å². The van der Waals surface area contributed by atoms with Crippen molar-refractivity contribution in [3.05, 3.63) is 0 Å². The zero-order valence-corrected chi connectivity index (χ0v) is 6.59. The topological polar surface area (TPSA) is 95.5 Å². The van der Waals surface area contributed by atoms with Gasteiger partial charge in [-0.05, 0) is 0 Å². The van der Waals surface area contributed by atoms with Gasteiger partial charge in [0.05, 0.1) is 0 Å². The van der Waals surface area contributed by atoms with Gasteiger partial charge in [0.1, 0.15) is 0 Å². The summed E-state index contributed by atoms with van der Waals surface area (Å²) in [5.74, 6) is -2.90. The molecule has 0 aliphatic carbocycles. The average molecular weight is 174 g/mol. The van der Waals surface area contributed by atoms with Gasteiger partial charge in [-0.2, -0.15) is 0 Å². The second-order valence-corrected chi connectivity index (χ2v) is 1.98. The molecule has 0 rings (SSSR count). The Morgan fingerprint density at radius 2 is 1.92 bits per heavy atom. The first-order valence-electron chi connectivity index (χ1n) is 3.29. The van der Waals surface area contributed by atoms with Gasteiger partial charge in [-0.1, -0.05) is 0 Å². The number of hydrogen-bond acceptors (Lipinski definition) is 3. The van der Waals surface area contributed by atoms with Crippen LogP contribution in [0, 0.1) is 0 Å². The normalized spacial score (nSPS) is 8.75. The molecule has 6 nitrogen and oxygen atoms in total. The van der Waals surface area contributed by atoms with Crippen LogP contribution in [0.4, 0.5) is 0 Å². The van der Waals surface area contributed by atoms with E-state index in [1.807, 2.05) is 5.32 Å². The third-order valence-electron chi connectivity index (χ3n) is 1.11. The summed E-state index contributed by atoms with van der Waals surface area (Å²) in [4.78, 5) is 30.9. The molecule has 0 unspecified atom stereocenters. The van der Waals surface area contributed by atoms with Crippen molar-refractivity contribution in [2.45, 2.75) is 6.42 Å². The van der Waals surface area contributed by atoms with Crippen molar-refractivity contribution in [3.8, 4) is 0 Å². The van der Waals surface area contributed by atoms with E-state index in [2.05, 4.69) is 5.32 Å². The molecule has 0 aromatic rings. The van der Waals surface area contributed by atoms with Gasteiger partial charge < -0.3 is 15.7 Å². The standard InChI is InChI=1S/C6H10N2O4/c1-7-4(9)2-3-8-5(10)6(11)12/h2-3H2,1H3,(H,7,9)(H,8,10)(H,11,12). The minimum atomic E-state index is -1.55. The molecule has 0 saturated carbocycles. The minimum absolute atomic E-state index is 0.0325. The van der Waals surface area contributed by atoms with E-state index < -0.39 is 11.9 Å². The molecule has 0 aromatic heterocycles. The van der Waals surface area contributed by atoms with Gasteiger partial charge in [-0.15, -0.1) is 0 Å². The van der Waals surface area contributed by atoms with Gasteiger partial charge >= 0.3 is 11.9 Å². The van der Waals surface area contributed by atoms with Crippen molar-refractivity contribution in [1.82, 2.24) is 10.6 Å². The lowest BCUT2D eigenvalue weighted by molar-refractivity contribution is -0.150. The summed E-state index contributed by atoms with van der Waals surface area (Å²) >= 11 is 0. The van der Waals surface area contributed by atoms with Crippen LogP contribution in [0.5, 0.6) is 0 Å². The summed E-state index contributed by atoms with van der Waals surface area (Å²) < 4.78 is 0. The molecule has 12 heavy (non-hydrogen) atoms. The van der Waals surface area contributed by atoms with Gasteiger partial charge in [0.25, 0.3) is 0 Å². The highest BCUT2D eigenvalue weighted by Gasteiger charge is 2.09. The Balaban J connectivity index is 3.50. The van der Waals surface area contributed by atoms with Gasteiger partial charge in [0.15, 0.2) is 0 Å². The first-order chi connectivity index (χ1) is 5.57. The molecule has 0 bridgehead atoms. The lowest BCUT2D eigenvalue weighted by atomic mass is 10.4. The maximum absolute atomic E-state index is 10.6. The van der Waals surface area contributed by atoms with Crippen LogP contribution in [0.3, 0.4) is 0 Å². The maximum atomic E-state index is 10.6. The van der Waals surface area contributed by atoms with Crippen molar-refractivity contribution in [3.63, 3.8) is 0 Å². The predicted octanol–water partition coefficient (Wildman–Crippen LogP) is -1.68. The van der Waals surface area contributed by atoms with Crippen LogP contribution in [0.2, 0.25) is 0 Å². The highest BCUT2D eigenvalue weighted by molar-refractivity contribution is 6.31. The van der Waals surface area contributed by atoms with E-state index in [4.69, 9.17) is 5.11 Å². The second kappa shape index (κ2) is 5.11. The molecule has 2 amide bonds. The Kier molecular flexibility index (Phi) is 4.43. The number of carbonyl (C=O) groups excluding carboxylic acids is 2. The largest absolute Gasteiger partial charge is 0.474 e. The lowest BCUT2D eigenvalue weighted by Crippen LogP contribution is -2.33.